The fraction of sp³-hybridized carbons (Fsp3) is 0.355. The van der Waals surface area contributed by atoms with Crippen molar-refractivity contribution >= 4 is 27.5 Å². The van der Waals surface area contributed by atoms with Crippen LogP contribution in [0.25, 0.3) is 0 Å². The number of amides is 2. The van der Waals surface area contributed by atoms with Crippen molar-refractivity contribution in [1.82, 2.24) is 10.2 Å². The Bertz CT molecular complexity index is 1420. The number of rotatable bonds is 12. The molecule has 0 aliphatic carbocycles. The number of carbonyl (C=O) groups excluding carboxylic acids is 2. The molecule has 0 aromatic heterocycles. The summed E-state index contributed by atoms with van der Waals surface area (Å²) in [6.07, 6.45) is 0.357. The molecule has 0 aliphatic heterocycles. The summed E-state index contributed by atoms with van der Waals surface area (Å²) in [4.78, 5) is 28.9. The first kappa shape index (κ1) is 30.7. The third-order valence-electron chi connectivity index (χ3n) is 6.66. The normalized spacial score (nSPS) is 12.1. The van der Waals surface area contributed by atoms with Crippen LogP contribution in [0, 0.1) is 13.8 Å². The van der Waals surface area contributed by atoms with Crippen molar-refractivity contribution in [3.63, 3.8) is 0 Å². The van der Waals surface area contributed by atoms with Gasteiger partial charge in [-0.1, -0.05) is 61.0 Å². The minimum Gasteiger partial charge on any atom is -0.495 e. The van der Waals surface area contributed by atoms with Crippen molar-refractivity contribution in [2.75, 3.05) is 18.0 Å². The predicted molar refractivity (Wildman–Crippen MR) is 158 cm³/mol. The van der Waals surface area contributed by atoms with Gasteiger partial charge in [0.15, 0.2) is 0 Å². The molecule has 3 aromatic carbocycles. The number of carbonyl (C=O) groups is 2. The van der Waals surface area contributed by atoms with Gasteiger partial charge in [0, 0.05) is 12.6 Å². The fourth-order valence-corrected chi connectivity index (χ4v) is 5.88. The van der Waals surface area contributed by atoms with Gasteiger partial charge < -0.3 is 15.0 Å². The maximum atomic E-state index is 14.2. The first-order valence-electron chi connectivity index (χ1n) is 13.4. The summed E-state index contributed by atoms with van der Waals surface area (Å²) in [6, 6.07) is 19.9. The third-order valence-corrected chi connectivity index (χ3v) is 8.43. The monoisotopic (exact) mass is 565 g/mol. The molecule has 3 rings (SSSR count). The molecule has 214 valence electrons. The Labute approximate surface area is 238 Å². The van der Waals surface area contributed by atoms with Gasteiger partial charge in [-0.2, -0.15) is 0 Å². The van der Waals surface area contributed by atoms with E-state index in [0.29, 0.717) is 12.2 Å². The molecular weight excluding hydrogens is 526 g/mol. The number of hydrogen-bond donors (Lipinski definition) is 1. The van der Waals surface area contributed by atoms with Crippen LogP contribution >= 0.6 is 0 Å². The molecule has 1 atom stereocenters. The minimum absolute atomic E-state index is 0.0480. The SMILES string of the molecule is CC[C@H](C(=O)NC(C)C)N(Cc1ccccc1C)C(=O)CN(c1ccccc1OC)S(=O)(=O)c1ccc(C)cc1. The van der Waals surface area contributed by atoms with Crippen LogP contribution in [0.5, 0.6) is 5.75 Å². The maximum absolute atomic E-state index is 14.2. The number of methoxy groups -OCH3 is 1. The molecule has 40 heavy (non-hydrogen) atoms. The van der Waals surface area contributed by atoms with Crippen molar-refractivity contribution in [3.8, 4) is 5.75 Å². The van der Waals surface area contributed by atoms with E-state index < -0.39 is 28.5 Å². The van der Waals surface area contributed by atoms with E-state index in [0.717, 1.165) is 21.0 Å². The summed E-state index contributed by atoms with van der Waals surface area (Å²) >= 11 is 0. The second-order valence-electron chi connectivity index (χ2n) is 10.0. The van der Waals surface area contributed by atoms with Crippen LogP contribution in [0.15, 0.2) is 77.7 Å². The molecule has 0 saturated heterocycles. The number of ether oxygens (including phenoxy) is 1. The molecule has 9 heteroatoms. The average molecular weight is 566 g/mol. The number of para-hydroxylation sites is 2. The first-order chi connectivity index (χ1) is 19.0. The van der Waals surface area contributed by atoms with Gasteiger partial charge in [0.2, 0.25) is 11.8 Å². The van der Waals surface area contributed by atoms with E-state index in [9.17, 15) is 18.0 Å². The number of benzene rings is 3. The van der Waals surface area contributed by atoms with Crippen LogP contribution in [0.1, 0.15) is 43.9 Å². The summed E-state index contributed by atoms with van der Waals surface area (Å²) < 4.78 is 34.6. The lowest BCUT2D eigenvalue weighted by Gasteiger charge is -2.34. The van der Waals surface area contributed by atoms with Crippen molar-refractivity contribution in [1.29, 1.82) is 0 Å². The molecule has 0 radical (unpaired) electrons. The molecule has 2 amide bonds. The first-order valence-corrected chi connectivity index (χ1v) is 14.8. The van der Waals surface area contributed by atoms with Gasteiger partial charge in [-0.25, -0.2) is 8.42 Å². The van der Waals surface area contributed by atoms with Crippen molar-refractivity contribution in [3.05, 3.63) is 89.5 Å². The number of anilines is 1. The highest BCUT2D eigenvalue weighted by Gasteiger charge is 2.35. The van der Waals surface area contributed by atoms with E-state index in [2.05, 4.69) is 5.32 Å². The van der Waals surface area contributed by atoms with E-state index in [1.165, 1.54) is 24.1 Å². The average Bonchev–Trinajstić information content (AvgIpc) is 2.92. The maximum Gasteiger partial charge on any atom is 0.264 e. The number of hydrogen-bond acceptors (Lipinski definition) is 5. The Morgan fingerprint density at radius 3 is 2.15 bits per heavy atom. The topological polar surface area (TPSA) is 96.0 Å². The molecule has 0 spiro atoms. The molecule has 0 bridgehead atoms. The lowest BCUT2D eigenvalue weighted by molar-refractivity contribution is -0.140. The van der Waals surface area contributed by atoms with Crippen LogP contribution in [0.3, 0.4) is 0 Å². The highest BCUT2D eigenvalue weighted by atomic mass is 32.2. The van der Waals surface area contributed by atoms with Gasteiger partial charge in [0.05, 0.1) is 17.7 Å². The Balaban J connectivity index is 2.11. The van der Waals surface area contributed by atoms with Crippen molar-refractivity contribution in [2.45, 2.75) is 64.6 Å². The van der Waals surface area contributed by atoms with E-state index in [-0.39, 0.29) is 29.1 Å². The Kier molecular flexibility index (Phi) is 10.3. The van der Waals surface area contributed by atoms with Crippen LogP contribution in [-0.4, -0.2) is 50.9 Å². The lowest BCUT2D eigenvalue weighted by Crippen LogP contribution is -2.53. The fourth-order valence-electron chi connectivity index (χ4n) is 4.46. The standard InChI is InChI=1S/C31H39N3O5S/c1-7-27(31(36)32-22(2)3)33(20-25-13-9-8-12-24(25)5)30(35)21-34(28-14-10-11-15-29(28)39-6)40(37,38)26-18-16-23(4)17-19-26/h8-19,22,27H,7,20-21H2,1-6H3,(H,32,36)/t27-/m1/s1. The zero-order valence-corrected chi connectivity index (χ0v) is 24.9. The van der Waals surface area contributed by atoms with Gasteiger partial charge in [-0.3, -0.25) is 13.9 Å². The molecule has 8 nitrogen and oxygen atoms in total. The highest BCUT2D eigenvalue weighted by Crippen LogP contribution is 2.32. The molecule has 1 N–H and O–H groups in total. The van der Waals surface area contributed by atoms with Gasteiger partial charge in [-0.15, -0.1) is 0 Å². The van der Waals surface area contributed by atoms with Crippen LogP contribution in [0.2, 0.25) is 0 Å². The molecule has 0 unspecified atom stereocenters. The van der Waals surface area contributed by atoms with Crippen LogP contribution in [-0.2, 0) is 26.2 Å². The van der Waals surface area contributed by atoms with Gasteiger partial charge in [0.25, 0.3) is 10.0 Å². The van der Waals surface area contributed by atoms with Crippen LogP contribution < -0.4 is 14.4 Å². The largest absolute Gasteiger partial charge is 0.495 e. The predicted octanol–water partition coefficient (Wildman–Crippen LogP) is 4.84. The molecule has 0 saturated carbocycles. The zero-order chi connectivity index (χ0) is 29.4. The smallest absolute Gasteiger partial charge is 0.264 e. The van der Waals surface area contributed by atoms with Gasteiger partial charge in [-0.05, 0) is 69.5 Å². The minimum atomic E-state index is -4.18. The van der Waals surface area contributed by atoms with Gasteiger partial charge >= 0.3 is 0 Å². The van der Waals surface area contributed by atoms with E-state index >= 15 is 0 Å². The third kappa shape index (κ3) is 7.21. The van der Waals surface area contributed by atoms with E-state index in [4.69, 9.17) is 4.74 Å². The molecular formula is C31H39N3O5S. The summed E-state index contributed by atoms with van der Waals surface area (Å²) in [6.45, 7) is 8.99. The summed E-state index contributed by atoms with van der Waals surface area (Å²) in [5.74, 6) is -0.485. The van der Waals surface area contributed by atoms with Crippen molar-refractivity contribution < 1.29 is 22.7 Å². The molecule has 0 heterocycles. The van der Waals surface area contributed by atoms with E-state index in [1.54, 1.807) is 36.4 Å². The number of aryl methyl sites for hydroxylation is 2. The summed E-state index contributed by atoms with van der Waals surface area (Å²) in [5, 5.41) is 2.91. The van der Waals surface area contributed by atoms with E-state index in [1.807, 2.05) is 58.9 Å². The Morgan fingerprint density at radius 2 is 1.55 bits per heavy atom. The second kappa shape index (κ2) is 13.5. The number of sulfonamides is 1. The lowest BCUT2D eigenvalue weighted by atomic mass is 10.1. The Hall–Kier alpha value is -3.85. The number of nitrogens with one attached hydrogen (secondary N) is 1. The summed E-state index contributed by atoms with van der Waals surface area (Å²) in [5.41, 5.74) is 2.98. The second-order valence-corrected chi connectivity index (χ2v) is 11.9. The number of nitrogens with zero attached hydrogens (tertiary/aromatic N) is 2. The highest BCUT2D eigenvalue weighted by molar-refractivity contribution is 7.92. The Morgan fingerprint density at radius 1 is 0.925 bits per heavy atom. The molecule has 0 fully saturated rings. The van der Waals surface area contributed by atoms with Crippen LogP contribution in [0.4, 0.5) is 5.69 Å². The summed E-state index contributed by atoms with van der Waals surface area (Å²) in [7, 11) is -2.73. The zero-order valence-electron chi connectivity index (χ0n) is 24.0. The van der Waals surface area contributed by atoms with Crippen molar-refractivity contribution in [2.24, 2.45) is 0 Å². The molecule has 0 aliphatic rings. The molecule has 3 aromatic rings. The quantitative estimate of drug-likeness (QED) is 0.339. The van der Waals surface area contributed by atoms with Gasteiger partial charge in [0.1, 0.15) is 18.3 Å².